The van der Waals surface area contributed by atoms with Gasteiger partial charge in [-0.25, -0.2) is 0 Å². The van der Waals surface area contributed by atoms with E-state index in [0.29, 0.717) is 24.8 Å². The number of hydrogen-bond acceptors (Lipinski definition) is 3. The molecule has 0 aliphatic heterocycles. The zero-order chi connectivity index (χ0) is 12.3. The van der Waals surface area contributed by atoms with E-state index in [1.807, 2.05) is 31.0 Å². The van der Waals surface area contributed by atoms with E-state index in [-0.39, 0.29) is 0 Å². The van der Waals surface area contributed by atoms with Gasteiger partial charge in [0.05, 0.1) is 13.1 Å². The van der Waals surface area contributed by atoms with Gasteiger partial charge in [-0.1, -0.05) is 12.8 Å². The number of aryl methyl sites for hydroxylation is 1. The molecule has 0 radical (unpaired) electrons. The molecule has 1 fully saturated rings. The van der Waals surface area contributed by atoms with Crippen LogP contribution in [0.25, 0.3) is 0 Å². The summed E-state index contributed by atoms with van der Waals surface area (Å²) in [6.07, 6.45) is 4.62. The molecule has 1 saturated carbocycles. The molecule has 3 heteroatoms. The molecule has 0 N–H and O–H groups in total. The van der Waals surface area contributed by atoms with Crippen LogP contribution in [0.3, 0.4) is 0 Å². The molecule has 0 saturated heterocycles. The van der Waals surface area contributed by atoms with Gasteiger partial charge >= 0.3 is 0 Å². The third-order valence-electron chi connectivity index (χ3n) is 3.46. The van der Waals surface area contributed by atoms with Crippen LogP contribution in [0, 0.1) is 12.8 Å². The normalized spacial score (nSPS) is 16.9. The van der Waals surface area contributed by atoms with Crippen molar-refractivity contribution in [3.8, 4) is 0 Å². The fourth-order valence-electron chi connectivity index (χ4n) is 2.53. The van der Waals surface area contributed by atoms with Crippen molar-refractivity contribution in [2.24, 2.45) is 5.92 Å². The summed E-state index contributed by atoms with van der Waals surface area (Å²) >= 11 is 0. The van der Waals surface area contributed by atoms with Gasteiger partial charge in [-0.05, 0) is 38.9 Å². The predicted octanol–water partition coefficient (Wildman–Crippen LogP) is 2.78. The molecular formula is C14H21NO2. The maximum atomic E-state index is 12.0. The molecule has 0 spiro atoms. The van der Waals surface area contributed by atoms with E-state index in [9.17, 15) is 4.79 Å². The van der Waals surface area contributed by atoms with Crippen LogP contribution < -0.4 is 0 Å². The van der Waals surface area contributed by atoms with Crippen molar-refractivity contribution in [2.75, 3.05) is 13.6 Å². The number of ketones is 1. The number of carbonyl (C=O) groups excluding carboxylic acids is 1. The lowest BCUT2D eigenvalue weighted by atomic mass is 10.0. The summed E-state index contributed by atoms with van der Waals surface area (Å²) in [6, 6.07) is 3.94. The van der Waals surface area contributed by atoms with Gasteiger partial charge in [0.2, 0.25) is 0 Å². The van der Waals surface area contributed by atoms with Crippen LogP contribution in [0.1, 0.15) is 37.2 Å². The Morgan fingerprint density at radius 3 is 2.71 bits per heavy atom. The predicted molar refractivity (Wildman–Crippen MR) is 66.7 cm³/mol. The topological polar surface area (TPSA) is 33.5 Å². The largest absolute Gasteiger partial charge is 0.465 e. The van der Waals surface area contributed by atoms with Gasteiger partial charge in [-0.15, -0.1) is 0 Å². The van der Waals surface area contributed by atoms with E-state index < -0.39 is 0 Å². The molecule has 0 unspecified atom stereocenters. The van der Waals surface area contributed by atoms with E-state index in [1.165, 1.54) is 12.8 Å². The zero-order valence-corrected chi connectivity index (χ0v) is 10.7. The van der Waals surface area contributed by atoms with Crippen LogP contribution >= 0.6 is 0 Å². The fourth-order valence-corrected chi connectivity index (χ4v) is 2.53. The molecule has 2 rings (SSSR count). The van der Waals surface area contributed by atoms with Gasteiger partial charge in [0.25, 0.3) is 0 Å². The van der Waals surface area contributed by atoms with Gasteiger partial charge in [0.1, 0.15) is 17.3 Å². The molecule has 0 amide bonds. The number of Topliss-reactive ketones (excluding diaryl/α,β-unsaturated/α-hetero) is 1. The van der Waals surface area contributed by atoms with Crippen LogP contribution in [-0.4, -0.2) is 24.3 Å². The summed E-state index contributed by atoms with van der Waals surface area (Å²) in [6.45, 7) is 3.20. The molecule has 17 heavy (non-hydrogen) atoms. The van der Waals surface area contributed by atoms with Crippen molar-refractivity contribution >= 4 is 5.78 Å². The van der Waals surface area contributed by atoms with Gasteiger partial charge in [-0.2, -0.15) is 0 Å². The highest BCUT2D eigenvalue weighted by Gasteiger charge is 2.23. The van der Waals surface area contributed by atoms with Crippen molar-refractivity contribution < 1.29 is 9.21 Å². The van der Waals surface area contributed by atoms with Crippen LogP contribution in [0.5, 0.6) is 0 Å². The van der Waals surface area contributed by atoms with Crippen molar-refractivity contribution in [3.05, 3.63) is 23.7 Å². The second-order valence-electron chi connectivity index (χ2n) is 5.13. The number of likely N-dealkylation sites (N-methyl/N-ethyl adjacent to an activating group) is 1. The SMILES string of the molecule is Cc1ccc(CN(C)CC(=O)C2CCCC2)o1. The maximum absolute atomic E-state index is 12.0. The first-order valence-electron chi connectivity index (χ1n) is 6.42. The third-order valence-corrected chi connectivity index (χ3v) is 3.46. The first-order valence-corrected chi connectivity index (χ1v) is 6.42. The summed E-state index contributed by atoms with van der Waals surface area (Å²) in [4.78, 5) is 14.0. The smallest absolute Gasteiger partial charge is 0.149 e. The van der Waals surface area contributed by atoms with Gasteiger partial charge in [0.15, 0.2) is 0 Å². The second kappa shape index (κ2) is 5.50. The number of furan rings is 1. The highest BCUT2D eigenvalue weighted by atomic mass is 16.3. The Hall–Kier alpha value is -1.09. The maximum Gasteiger partial charge on any atom is 0.149 e. The molecule has 3 nitrogen and oxygen atoms in total. The van der Waals surface area contributed by atoms with E-state index in [2.05, 4.69) is 0 Å². The molecule has 1 aromatic heterocycles. The van der Waals surface area contributed by atoms with Crippen molar-refractivity contribution in [1.29, 1.82) is 0 Å². The lowest BCUT2D eigenvalue weighted by Gasteiger charge is -2.16. The lowest BCUT2D eigenvalue weighted by molar-refractivity contribution is -0.123. The molecule has 1 aliphatic carbocycles. The van der Waals surface area contributed by atoms with E-state index >= 15 is 0 Å². The molecule has 1 aromatic rings. The second-order valence-corrected chi connectivity index (χ2v) is 5.13. The van der Waals surface area contributed by atoms with Crippen molar-refractivity contribution in [1.82, 2.24) is 4.90 Å². The van der Waals surface area contributed by atoms with Gasteiger partial charge in [-0.3, -0.25) is 9.69 Å². The van der Waals surface area contributed by atoms with Crippen LogP contribution in [0.2, 0.25) is 0 Å². The quantitative estimate of drug-likeness (QED) is 0.787. The summed E-state index contributed by atoms with van der Waals surface area (Å²) in [5.41, 5.74) is 0. The Bertz CT molecular complexity index is 377. The molecular weight excluding hydrogens is 214 g/mol. The number of nitrogens with zero attached hydrogens (tertiary/aromatic N) is 1. The van der Waals surface area contributed by atoms with Crippen LogP contribution in [-0.2, 0) is 11.3 Å². The minimum atomic E-state index is 0.316. The number of hydrogen-bond donors (Lipinski definition) is 0. The summed E-state index contributed by atoms with van der Waals surface area (Å²) < 4.78 is 5.51. The Labute approximate surface area is 103 Å². The van der Waals surface area contributed by atoms with E-state index in [0.717, 1.165) is 24.4 Å². The Balaban J connectivity index is 1.80. The van der Waals surface area contributed by atoms with Crippen molar-refractivity contribution in [2.45, 2.75) is 39.2 Å². The summed E-state index contributed by atoms with van der Waals surface area (Å²) in [5.74, 6) is 2.57. The molecule has 1 aliphatic rings. The third kappa shape index (κ3) is 3.43. The first-order chi connectivity index (χ1) is 8.15. The van der Waals surface area contributed by atoms with Crippen LogP contribution in [0.4, 0.5) is 0 Å². The molecule has 0 atom stereocenters. The molecule has 1 heterocycles. The highest BCUT2D eigenvalue weighted by Crippen LogP contribution is 2.25. The van der Waals surface area contributed by atoms with Crippen LogP contribution in [0.15, 0.2) is 16.5 Å². The Kier molecular flexibility index (Phi) is 4.00. The molecule has 0 aromatic carbocycles. The average molecular weight is 235 g/mol. The number of carbonyl (C=O) groups is 1. The van der Waals surface area contributed by atoms with Crippen molar-refractivity contribution in [3.63, 3.8) is 0 Å². The fraction of sp³-hybridized carbons (Fsp3) is 0.643. The zero-order valence-electron chi connectivity index (χ0n) is 10.7. The molecule has 0 bridgehead atoms. The Morgan fingerprint density at radius 1 is 1.41 bits per heavy atom. The average Bonchev–Trinajstić information content (AvgIpc) is 2.89. The first kappa shape index (κ1) is 12.4. The minimum absolute atomic E-state index is 0.316. The highest BCUT2D eigenvalue weighted by molar-refractivity contribution is 5.83. The molecule has 94 valence electrons. The standard InChI is InChI=1S/C14H21NO2/c1-11-7-8-13(17-11)9-15(2)10-14(16)12-5-3-4-6-12/h7-8,12H,3-6,9-10H2,1-2H3. The minimum Gasteiger partial charge on any atom is -0.465 e. The van der Waals surface area contributed by atoms with E-state index in [4.69, 9.17) is 4.42 Å². The van der Waals surface area contributed by atoms with E-state index in [1.54, 1.807) is 0 Å². The summed E-state index contributed by atoms with van der Waals surface area (Å²) in [7, 11) is 1.98. The Morgan fingerprint density at radius 2 is 2.12 bits per heavy atom. The van der Waals surface area contributed by atoms with Gasteiger partial charge in [0, 0.05) is 5.92 Å². The summed E-state index contributed by atoms with van der Waals surface area (Å²) in [5, 5.41) is 0. The van der Waals surface area contributed by atoms with Gasteiger partial charge < -0.3 is 4.42 Å². The monoisotopic (exact) mass is 235 g/mol. The number of rotatable bonds is 5. The lowest BCUT2D eigenvalue weighted by Crippen LogP contribution is -2.29.